The summed E-state index contributed by atoms with van der Waals surface area (Å²) in [6.07, 6.45) is 0.885. The summed E-state index contributed by atoms with van der Waals surface area (Å²) >= 11 is 0. The van der Waals surface area contributed by atoms with Crippen LogP contribution in [0.1, 0.15) is 34.8 Å². The summed E-state index contributed by atoms with van der Waals surface area (Å²) in [6.45, 7) is 7.70. The second kappa shape index (κ2) is 6.18. The number of amides is 1. The van der Waals surface area contributed by atoms with Gasteiger partial charge < -0.3 is 5.32 Å². The molecule has 1 heterocycles. The van der Waals surface area contributed by atoms with Crippen LogP contribution in [0.4, 0.5) is 0 Å². The number of ketones is 1. The molecule has 0 aromatic heterocycles. The first-order chi connectivity index (χ1) is 9.49. The molecule has 1 aromatic rings. The minimum Gasteiger partial charge on any atom is -0.355 e. The van der Waals surface area contributed by atoms with Gasteiger partial charge in [-0.25, -0.2) is 0 Å². The Hall–Kier alpha value is -1.68. The van der Waals surface area contributed by atoms with Crippen LogP contribution in [-0.2, 0) is 4.79 Å². The second-order valence-electron chi connectivity index (χ2n) is 5.51. The molecule has 4 heteroatoms. The molecule has 108 valence electrons. The smallest absolute Gasteiger partial charge is 0.234 e. The van der Waals surface area contributed by atoms with Crippen LogP contribution in [0.25, 0.3) is 0 Å². The number of carbonyl (C=O) groups is 2. The van der Waals surface area contributed by atoms with E-state index in [1.54, 1.807) is 0 Å². The molecule has 0 radical (unpaired) electrons. The van der Waals surface area contributed by atoms with Crippen molar-refractivity contribution in [2.45, 2.75) is 33.2 Å². The van der Waals surface area contributed by atoms with E-state index in [9.17, 15) is 9.59 Å². The summed E-state index contributed by atoms with van der Waals surface area (Å²) in [5, 5.41) is 2.83. The predicted octanol–water partition coefficient (Wildman–Crippen LogP) is 1.70. The van der Waals surface area contributed by atoms with Gasteiger partial charge in [-0.2, -0.15) is 0 Å². The van der Waals surface area contributed by atoms with Crippen LogP contribution in [0.5, 0.6) is 0 Å². The number of nitrogens with one attached hydrogen (secondary N) is 1. The third-order valence-electron chi connectivity index (χ3n) is 4.01. The third kappa shape index (κ3) is 3.25. The lowest BCUT2D eigenvalue weighted by Crippen LogP contribution is -2.43. The fourth-order valence-electron chi connectivity index (χ4n) is 2.46. The number of carbonyl (C=O) groups excluding carboxylic acids is 2. The molecule has 1 amide bonds. The summed E-state index contributed by atoms with van der Waals surface area (Å²) in [4.78, 5) is 26.1. The molecule has 1 aliphatic rings. The van der Waals surface area contributed by atoms with Gasteiger partial charge in [-0.05, 0) is 44.4 Å². The number of nitrogens with zero attached hydrogens (tertiary/aromatic N) is 1. The van der Waals surface area contributed by atoms with Crippen LogP contribution in [0.2, 0.25) is 0 Å². The lowest BCUT2D eigenvalue weighted by molar-refractivity contribution is -0.121. The summed E-state index contributed by atoms with van der Waals surface area (Å²) in [5.41, 5.74) is 3.03. The quantitative estimate of drug-likeness (QED) is 0.853. The van der Waals surface area contributed by atoms with E-state index in [4.69, 9.17) is 0 Å². The Labute approximate surface area is 120 Å². The molecule has 0 spiro atoms. The Morgan fingerprint density at radius 3 is 2.75 bits per heavy atom. The molecule has 1 aliphatic heterocycles. The molecule has 0 saturated carbocycles. The van der Waals surface area contributed by atoms with Crippen LogP contribution in [0.15, 0.2) is 18.2 Å². The lowest BCUT2D eigenvalue weighted by Gasteiger charge is -2.25. The van der Waals surface area contributed by atoms with Crippen molar-refractivity contribution in [2.24, 2.45) is 0 Å². The van der Waals surface area contributed by atoms with Gasteiger partial charge in [0.25, 0.3) is 0 Å². The highest BCUT2D eigenvalue weighted by Crippen LogP contribution is 2.14. The third-order valence-corrected chi connectivity index (χ3v) is 4.01. The van der Waals surface area contributed by atoms with Crippen LogP contribution in [-0.4, -0.2) is 42.3 Å². The summed E-state index contributed by atoms with van der Waals surface area (Å²) in [7, 11) is 0. The van der Waals surface area contributed by atoms with Gasteiger partial charge >= 0.3 is 0 Å². The first kappa shape index (κ1) is 14.7. The largest absolute Gasteiger partial charge is 0.355 e. The number of aryl methyl sites for hydroxylation is 2. The summed E-state index contributed by atoms with van der Waals surface area (Å²) in [6, 6.07) is 5.52. The van der Waals surface area contributed by atoms with Gasteiger partial charge in [0.15, 0.2) is 5.78 Å². The van der Waals surface area contributed by atoms with E-state index >= 15 is 0 Å². The minimum atomic E-state index is -0.263. The molecule has 0 aliphatic carbocycles. The van der Waals surface area contributed by atoms with E-state index in [1.165, 1.54) is 5.56 Å². The van der Waals surface area contributed by atoms with Gasteiger partial charge in [0.1, 0.15) is 0 Å². The molecule has 1 fully saturated rings. The SMILES string of the molecule is Cc1ccc(C(=O)C(C)N2CCCNC(=O)C2)cc1C. The van der Waals surface area contributed by atoms with Crippen molar-refractivity contribution in [1.29, 1.82) is 0 Å². The van der Waals surface area contributed by atoms with E-state index in [0.29, 0.717) is 13.1 Å². The molecule has 1 unspecified atom stereocenters. The highest BCUT2D eigenvalue weighted by atomic mass is 16.2. The van der Waals surface area contributed by atoms with Gasteiger partial charge in [-0.3, -0.25) is 14.5 Å². The van der Waals surface area contributed by atoms with Crippen molar-refractivity contribution in [3.05, 3.63) is 34.9 Å². The number of rotatable bonds is 3. The molecule has 2 rings (SSSR count). The van der Waals surface area contributed by atoms with Gasteiger partial charge in [0.05, 0.1) is 12.6 Å². The van der Waals surface area contributed by atoms with E-state index in [2.05, 4.69) is 5.32 Å². The highest BCUT2D eigenvalue weighted by molar-refractivity contribution is 6.00. The van der Waals surface area contributed by atoms with Crippen molar-refractivity contribution in [1.82, 2.24) is 10.2 Å². The molecule has 0 bridgehead atoms. The average molecular weight is 274 g/mol. The van der Waals surface area contributed by atoms with E-state index in [1.807, 2.05) is 43.9 Å². The summed E-state index contributed by atoms with van der Waals surface area (Å²) < 4.78 is 0. The zero-order valence-corrected chi connectivity index (χ0v) is 12.4. The van der Waals surface area contributed by atoms with Crippen LogP contribution < -0.4 is 5.32 Å². The molecule has 1 N–H and O–H groups in total. The normalized spacial score (nSPS) is 18.2. The molecule has 1 atom stereocenters. The Bertz CT molecular complexity index is 525. The van der Waals surface area contributed by atoms with Gasteiger partial charge in [-0.15, -0.1) is 0 Å². The maximum absolute atomic E-state index is 12.6. The van der Waals surface area contributed by atoms with E-state index < -0.39 is 0 Å². The van der Waals surface area contributed by atoms with E-state index in [-0.39, 0.29) is 17.7 Å². The second-order valence-corrected chi connectivity index (χ2v) is 5.51. The molecule has 20 heavy (non-hydrogen) atoms. The lowest BCUT2D eigenvalue weighted by atomic mass is 9.99. The zero-order valence-electron chi connectivity index (χ0n) is 12.4. The summed E-state index contributed by atoms with van der Waals surface area (Å²) in [5.74, 6) is 0.0880. The Morgan fingerprint density at radius 2 is 2.05 bits per heavy atom. The topological polar surface area (TPSA) is 49.4 Å². The van der Waals surface area contributed by atoms with Crippen LogP contribution >= 0.6 is 0 Å². The first-order valence-electron chi connectivity index (χ1n) is 7.11. The average Bonchev–Trinajstić information content (AvgIpc) is 2.65. The number of hydrogen-bond donors (Lipinski definition) is 1. The van der Waals surface area contributed by atoms with Crippen molar-refractivity contribution in [2.75, 3.05) is 19.6 Å². The zero-order chi connectivity index (χ0) is 14.7. The molecular weight excluding hydrogens is 252 g/mol. The van der Waals surface area contributed by atoms with Gasteiger partial charge in [-0.1, -0.05) is 12.1 Å². The Balaban J connectivity index is 2.14. The number of Topliss-reactive ketones (excluding diaryl/α,β-unsaturated/α-hetero) is 1. The molecular formula is C16H22N2O2. The maximum atomic E-state index is 12.6. The predicted molar refractivity (Wildman–Crippen MR) is 78.9 cm³/mol. The van der Waals surface area contributed by atoms with E-state index in [0.717, 1.165) is 24.1 Å². The van der Waals surface area contributed by atoms with Gasteiger partial charge in [0, 0.05) is 18.7 Å². The Kier molecular flexibility index (Phi) is 4.55. The first-order valence-corrected chi connectivity index (χ1v) is 7.11. The standard InChI is InChI=1S/C16H22N2O2/c1-11-5-6-14(9-12(11)2)16(20)13(3)18-8-4-7-17-15(19)10-18/h5-6,9,13H,4,7-8,10H2,1-3H3,(H,17,19). The minimum absolute atomic E-state index is 0.00207. The Morgan fingerprint density at radius 1 is 1.30 bits per heavy atom. The monoisotopic (exact) mass is 274 g/mol. The van der Waals surface area contributed by atoms with Crippen LogP contribution in [0.3, 0.4) is 0 Å². The molecule has 4 nitrogen and oxygen atoms in total. The van der Waals surface area contributed by atoms with Crippen molar-refractivity contribution >= 4 is 11.7 Å². The van der Waals surface area contributed by atoms with Crippen molar-refractivity contribution < 1.29 is 9.59 Å². The van der Waals surface area contributed by atoms with Gasteiger partial charge in [0.2, 0.25) is 5.91 Å². The maximum Gasteiger partial charge on any atom is 0.234 e. The number of hydrogen-bond acceptors (Lipinski definition) is 3. The molecule has 1 saturated heterocycles. The molecule has 1 aromatic carbocycles. The fraction of sp³-hybridized carbons (Fsp3) is 0.500. The van der Waals surface area contributed by atoms with Crippen LogP contribution in [0, 0.1) is 13.8 Å². The fourth-order valence-corrected chi connectivity index (χ4v) is 2.46. The van der Waals surface area contributed by atoms with Crippen molar-refractivity contribution in [3.8, 4) is 0 Å². The highest BCUT2D eigenvalue weighted by Gasteiger charge is 2.25. The number of benzene rings is 1. The van der Waals surface area contributed by atoms with Crippen molar-refractivity contribution in [3.63, 3.8) is 0 Å².